The molecule has 0 spiro atoms. The summed E-state index contributed by atoms with van der Waals surface area (Å²) in [5, 5.41) is 4.57. The summed E-state index contributed by atoms with van der Waals surface area (Å²) in [4.78, 5) is 30.0. The van der Waals surface area contributed by atoms with Crippen molar-refractivity contribution in [2.24, 2.45) is 0 Å². The number of piperidine rings is 1. The van der Waals surface area contributed by atoms with Gasteiger partial charge in [0.25, 0.3) is 5.91 Å². The van der Waals surface area contributed by atoms with E-state index in [0.717, 1.165) is 17.7 Å². The maximum Gasteiger partial charge on any atom is 0.410 e. The molecule has 0 radical (unpaired) electrons. The standard InChI is InChI=1S/C30H34F2N4O3/c1-30(2,3)39-29(38)34-15-12-21(13-16-34)27-26(18-33-36(27)25-10-8-24(32)9-11-25)28(37)35-17-14-22(19-35)20-4-6-23(31)7-5-20/h4-11,18,21-22H,12-17,19H2,1-3H3. The highest BCUT2D eigenvalue weighted by molar-refractivity contribution is 5.95. The second kappa shape index (κ2) is 10.8. The SMILES string of the molecule is CC(C)(C)OC(=O)N1CCC(c2c(C(=O)N3CCC(c4ccc(F)cc4)C3)cnn2-c2ccc(F)cc2)CC1. The normalized spacial score (nSPS) is 18.4. The molecule has 3 heterocycles. The van der Waals surface area contributed by atoms with E-state index in [1.54, 1.807) is 40.0 Å². The molecule has 0 aliphatic carbocycles. The van der Waals surface area contributed by atoms with Crippen LogP contribution in [0, 0.1) is 11.6 Å². The Bertz CT molecular complexity index is 1320. The summed E-state index contributed by atoms with van der Waals surface area (Å²) >= 11 is 0. The molecule has 2 aliphatic rings. The number of likely N-dealkylation sites (tertiary alicyclic amines) is 2. The van der Waals surface area contributed by atoms with Gasteiger partial charge in [-0.15, -0.1) is 0 Å². The van der Waals surface area contributed by atoms with E-state index in [9.17, 15) is 18.4 Å². The summed E-state index contributed by atoms with van der Waals surface area (Å²) in [5.41, 5.74) is 2.42. The number of hydrogen-bond acceptors (Lipinski definition) is 4. The van der Waals surface area contributed by atoms with E-state index in [1.807, 2.05) is 25.7 Å². The van der Waals surface area contributed by atoms with Crippen LogP contribution in [0.1, 0.15) is 73.5 Å². The molecule has 3 aromatic rings. The van der Waals surface area contributed by atoms with E-state index in [4.69, 9.17) is 4.74 Å². The lowest BCUT2D eigenvalue weighted by Crippen LogP contribution is -2.41. The summed E-state index contributed by atoms with van der Waals surface area (Å²) in [7, 11) is 0. The number of carbonyl (C=O) groups excluding carboxylic acids is 2. The topological polar surface area (TPSA) is 67.7 Å². The molecule has 0 N–H and O–H groups in total. The van der Waals surface area contributed by atoms with Crippen molar-refractivity contribution in [1.82, 2.24) is 19.6 Å². The van der Waals surface area contributed by atoms with Gasteiger partial charge in [-0.1, -0.05) is 12.1 Å². The number of ether oxygens (including phenoxy) is 1. The van der Waals surface area contributed by atoms with E-state index in [1.165, 1.54) is 24.3 Å². The first-order valence-corrected chi connectivity index (χ1v) is 13.5. The van der Waals surface area contributed by atoms with Crippen LogP contribution in [-0.4, -0.2) is 63.4 Å². The predicted molar refractivity (Wildman–Crippen MR) is 143 cm³/mol. The van der Waals surface area contributed by atoms with Gasteiger partial charge >= 0.3 is 6.09 Å². The van der Waals surface area contributed by atoms with Gasteiger partial charge in [0.05, 0.1) is 23.1 Å². The van der Waals surface area contributed by atoms with Gasteiger partial charge in [-0.3, -0.25) is 4.79 Å². The molecule has 1 aromatic heterocycles. The minimum atomic E-state index is -0.573. The van der Waals surface area contributed by atoms with E-state index < -0.39 is 5.60 Å². The van der Waals surface area contributed by atoms with Crippen LogP contribution in [0.3, 0.4) is 0 Å². The van der Waals surface area contributed by atoms with Gasteiger partial charge in [0, 0.05) is 38.0 Å². The number of nitrogens with zero attached hydrogens (tertiary/aromatic N) is 4. The monoisotopic (exact) mass is 536 g/mol. The van der Waals surface area contributed by atoms with Gasteiger partial charge in [-0.05, 0) is 82.0 Å². The van der Waals surface area contributed by atoms with Gasteiger partial charge in [0.1, 0.15) is 17.2 Å². The number of halogens is 2. The highest BCUT2D eigenvalue weighted by Gasteiger charge is 2.35. The van der Waals surface area contributed by atoms with Crippen molar-refractivity contribution in [3.63, 3.8) is 0 Å². The van der Waals surface area contributed by atoms with Crippen LogP contribution in [0.15, 0.2) is 54.7 Å². The third kappa shape index (κ3) is 5.97. The summed E-state index contributed by atoms with van der Waals surface area (Å²) < 4.78 is 34.3. The Hall–Kier alpha value is -3.75. The number of rotatable bonds is 4. The molecule has 2 fully saturated rings. The molecule has 2 amide bonds. The fraction of sp³-hybridized carbons (Fsp3) is 0.433. The van der Waals surface area contributed by atoms with Crippen molar-refractivity contribution in [2.45, 2.75) is 57.5 Å². The van der Waals surface area contributed by atoms with Crippen LogP contribution >= 0.6 is 0 Å². The predicted octanol–water partition coefficient (Wildman–Crippen LogP) is 5.89. The average Bonchev–Trinajstić information content (AvgIpc) is 3.57. The Kier molecular flexibility index (Phi) is 7.42. The number of amides is 2. The number of aromatic nitrogens is 2. The van der Waals surface area contributed by atoms with E-state index >= 15 is 0 Å². The minimum absolute atomic E-state index is 0.0225. The quantitative estimate of drug-likeness (QED) is 0.417. The largest absolute Gasteiger partial charge is 0.444 e. The minimum Gasteiger partial charge on any atom is -0.444 e. The van der Waals surface area contributed by atoms with Crippen LogP contribution < -0.4 is 0 Å². The smallest absolute Gasteiger partial charge is 0.410 e. The molecule has 2 saturated heterocycles. The van der Waals surface area contributed by atoms with Crippen molar-refractivity contribution in [2.75, 3.05) is 26.2 Å². The fourth-order valence-electron chi connectivity index (χ4n) is 5.49. The molecule has 0 bridgehead atoms. The lowest BCUT2D eigenvalue weighted by Gasteiger charge is -2.34. The number of hydrogen-bond donors (Lipinski definition) is 0. The Morgan fingerprint density at radius 1 is 0.846 bits per heavy atom. The molecule has 39 heavy (non-hydrogen) atoms. The molecule has 0 saturated carbocycles. The van der Waals surface area contributed by atoms with Crippen molar-refractivity contribution >= 4 is 12.0 Å². The molecule has 2 aromatic carbocycles. The number of carbonyl (C=O) groups is 2. The van der Waals surface area contributed by atoms with Gasteiger partial charge in [-0.25, -0.2) is 18.3 Å². The molecule has 7 nitrogen and oxygen atoms in total. The maximum atomic E-state index is 13.8. The Morgan fingerprint density at radius 2 is 1.41 bits per heavy atom. The lowest BCUT2D eigenvalue weighted by atomic mass is 9.90. The third-order valence-corrected chi connectivity index (χ3v) is 7.46. The molecule has 2 aliphatic heterocycles. The first-order chi connectivity index (χ1) is 18.6. The molecule has 5 rings (SSSR count). The summed E-state index contributed by atoms with van der Waals surface area (Å²) in [6.07, 6.45) is 3.35. The van der Waals surface area contributed by atoms with Gasteiger partial charge in [-0.2, -0.15) is 5.10 Å². The van der Waals surface area contributed by atoms with E-state index in [-0.39, 0.29) is 35.5 Å². The molecular weight excluding hydrogens is 502 g/mol. The molecule has 1 atom stereocenters. The third-order valence-electron chi connectivity index (χ3n) is 7.46. The van der Waals surface area contributed by atoms with Gasteiger partial charge in [0.2, 0.25) is 0 Å². The van der Waals surface area contributed by atoms with Crippen molar-refractivity contribution in [3.05, 3.63) is 83.2 Å². The molecule has 206 valence electrons. The lowest BCUT2D eigenvalue weighted by molar-refractivity contribution is 0.0203. The van der Waals surface area contributed by atoms with Crippen LogP contribution in [0.2, 0.25) is 0 Å². The highest BCUT2D eigenvalue weighted by Crippen LogP contribution is 2.35. The van der Waals surface area contributed by atoms with Crippen LogP contribution in [-0.2, 0) is 4.74 Å². The zero-order valence-corrected chi connectivity index (χ0v) is 22.6. The first-order valence-electron chi connectivity index (χ1n) is 13.5. The second-order valence-corrected chi connectivity index (χ2v) is 11.4. The molecule has 9 heteroatoms. The maximum absolute atomic E-state index is 13.8. The van der Waals surface area contributed by atoms with E-state index in [2.05, 4.69) is 5.10 Å². The van der Waals surface area contributed by atoms with Crippen LogP contribution in [0.4, 0.5) is 13.6 Å². The van der Waals surface area contributed by atoms with Gasteiger partial charge in [0.15, 0.2) is 0 Å². The van der Waals surface area contributed by atoms with Crippen molar-refractivity contribution in [3.8, 4) is 5.69 Å². The first kappa shape index (κ1) is 26.8. The Morgan fingerprint density at radius 3 is 2.03 bits per heavy atom. The van der Waals surface area contributed by atoms with Crippen LogP contribution in [0.25, 0.3) is 5.69 Å². The second-order valence-electron chi connectivity index (χ2n) is 11.4. The summed E-state index contributed by atoms with van der Waals surface area (Å²) in [5.74, 6) is -0.607. The van der Waals surface area contributed by atoms with Crippen molar-refractivity contribution in [1.29, 1.82) is 0 Å². The zero-order valence-electron chi connectivity index (χ0n) is 22.6. The van der Waals surface area contributed by atoms with Crippen LogP contribution in [0.5, 0.6) is 0 Å². The average molecular weight is 537 g/mol. The zero-order chi connectivity index (χ0) is 27.7. The van der Waals surface area contributed by atoms with E-state index in [0.29, 0.717) is 50.3 Å². The Labute approximate surface area is 227 Å². The fourth-order valence-corrected chi connectivity index (χ4v) is 5.49. The molecular formula is C30H34F2N4O3. The molecule has 1 unspecified atom stereocenters. The summed E-state index contributed by atoms with van der Waals surface area (Å²) in [6, 6.07) is 12.5. The van der Waals surface area contributed by atoms with Gasteiger partial charge < -0.3 is 14.5 Å². The summed E-state index contributed by atoms with van der Waals surface area (Å²) in [6.45, 7) is 7.67. The Balaban J connectivity index is 1.39. The van der Waals surface area contributed by atoms with Crippen molar-refractivity contribution < 1.29 is 23.1 Å². The highest BCUT2D eigenvalue weighted by atomic mass is 19.1. The number of benzene rings is 2.